The largest absolute Gasteiger partial charge is 0.383 e. The minimum absolute atomic E-state index is 0.00911. The Kier molecular flexibility index (Phi) is 5.22. The predicted molar refractivity (Wildman–Crippen MR) is 98.1 cm³/mol. The molecule has 2 aromatic carbocycles. The summed E-state index contributed by atoms with van der Waals surface area (Å²) in [5, 5.41) is 21.3. The lowest BCUT2D eigenvalue weighted by Gasteiger charge is -2.08. The molecule has 0 fully saturated rings. The highest BCUT2D eigenvalue weighted by molar-refractivity contribution is 7.90. The Hall–Kier alpha value is -3.54. The zero-order chi connectivity index (χ0) is 20.3. The van der Waals surface area contributed by atoms with Gasteiger partial charge in [-0.1, -0.05) is 12.1 Å². The monoisotopic (exact) mass is 405 g/mol. The second-order valence-corrected chi connectivity index (χ2v) is 7.52. The molecule has 3 aromatic rings. The van der Waals surface area contributed by atoms with Crippen molar-refractivity contribution in [1.29, 1.82) is 0 Å². The molecule has 0 aliphatic carbocycles. The number of fused-ring (bicyclic) bond motifs is 1. The van der Waals surface area contributed by atoms with E-state index in [1.807, 2.05) is 4.72 Å². The number of carbonyl (C=O) groups excluding carboxylic acids is 1. The van der Waals surface area contributed by atoms with Gasteiger partial charge in [0.2, 0.25) is 11.4 Å². The molecule has 0 atom stereocenters. The quantitative estimate of drug-likeness (QED) is 0.440. The van der Waals surface area contributed by atoms with Crippen LogP contribution in [0.3, 0.4) is 0 Å². The number of nitrogens with one attached hydrogen (secondary N) is 2. The van der Waals surface area contributed by atoms with Crippen LogP contribution in [0.2, 0.25) is 0 Å². The fourth-order valence-electron chi connectivity index (χ4n) is 2.57. The molecule has 0 unspecified atom stereocenters. The van der Waals surface area contributed by atoms with Gasteiger partial charge in [0.1, 0.15) is 0 Å². The van der Waals surface area contributed by atoms with E-state index in [9.17, 15) is 23.3 Å². The molecule has 146 valence electrons. The first-order chi connectivity index (χ1) is 13.3. The van der Waals surface area contributed by atoms with Crippen LogP contribution in [0.1, 0.15) is 12.5 Å². The molecule has 0 radical (unpaired) electrons. The van der Waals surface area contributed by atoms with E-state index < -0.39 is 20.9 Å². The number of non-ortho nitro benzene ring substituents is 1. The van der Waals surface area contributed by atoms with Crippen LogP contribution in [0.15, 0.2) is 45.9 Å². The van der Waals surface area contributed by atoms with Crippen molar-refractivity contribution in [2.45, 2.75) is 18.2 Å². The number of amides is 1. The van der Waals surface area contributed by atoms with Gasteiger partial charge >= 0.3 is 5.69 Å². The van der Waals surface area contributed by atoms with Gasteiger partial charge in [-0.2, -0.15) is 0 Å². The molecule has 11 nitrogen and oxygen atoms in total. The van der Waals surface area contributed by atoms with E-state index in [2.05, 4.69) is 20.3 Å². The molecule has 1 amide bonds. The number of nitro benzene ring substituents is 1. The maximum Gasteiger partial charge on any atom is 0.300 e. The molecule has 3 rings (SSSR count). The third-order valence-corrected chi connectivity index (χ3v) is 5.28. The summed E-state index contributed by atoms with van der Waals surface area (Å²) in [6.07, 6.45) is 0.546. The molecule has 0 bridgehead atoms. The van der Waals surface area contributed by atoms with Gasteiger partial charge < -0.3 is 5.32 Å². The zero-order valence-electron chi connectivity index (χ0n) is 14.6. The third-order valence-electron chi connectivity index (χ3n) is 3.83. The van der Waals surface area contributed by atoms with Crippen molar-refractivity contribution in [2.75, 3.05) is 11.9 Å². The van der Waals surface area contributed by atoms with E-state index >= 15 is 0 Å². The fraction of sp³-hybridized carbons (Fsp3) is 0.188. The number of hydrogen-bond acceptors (Lipinski definition) is 9. The van der Waals surface area contributed by atoms with E-state index in [4.69, 9.17) is 0 Å². The predicted octanol–water partition coefficient (Wildman–Crippen LogP) is 1.61. The van der Waals surface area contributed by atoms with Crippen molar-refractivity contribution in [3.05, 3.63) is 52.1 Å². The highest BCUT2D eigenvalue weighted by Gasteiger charge is 2.19. The van der Waals surface area contributed by atoms with Crippen LogP contribution in [-0.4, -0.2) is 36.1 Å². The number of nitrogens with zero attached hydrogens (tertiary/aromatic N) is 3. The molecule has 0 saturated carbocycles. The summed E-state index contributed by atoms with van der Waals surface area (Å²) in [4.78, 5) is 21.4. The Morgan fingerprint density at radius 2 is 1.82 bits per heavy atom. The van der Waals surface area contributed by atoms with Crippen LogP contribution in [0.25, 0.3) is 11.0 Å². The van der Waals surface area contributed by atoms with Gasteiger partial charge in [0, 0.05) is 19.5 Å². The number of aromatic nitrogens is 2. The molecule has 1 heterocycles. The standard InChI is InChI=1S/C16H15N5O6S/c1-10(22)20-28(25,26)12-4-2-11(3-5-12)8-9-17-13-6-7-14(21(23)24)16-15(13)18-27-19-16/h2-7,17H,8-9H2,1H3,(H,20,22). The number of benzene rings is 2. The second kappa shape index (κ2) is 7.60. The molecular formula is C16H15N5O6S. The van der Waals surface area contributed by atoms with Crippen LogP contribution in [-0.2, 0) is 21.2 Å². The summed E-state index contributed by atoms with van der Waals surface area (Å²) in [6, 6.07) is 8.93. The van der Waals surface area contributed by atoms with Crippen molar-refractivity contribution in [3.8, 4) is 0 Å². The summed E-state index contributed by atoms with van der Waals surface area (Å²) in [7, 11) is -3.86. The Balaban J connectivity index is 1.67. The minimum atomic E-state index is -3.86. The van der Waals surface area contributed by atoms with Crippen LogP contribution in [0, 0.1) is 10.1 Å². The van der Waals surface area contributed by atoms with Gasteiger partial charge in [-0.25, -0.2) is 17.8 Å². The maximum absolute atomic E-state index is 11.9. The molecule has 28 heavy (non-hydrogen) atoms. The van der Waals surface area contributed by atoms with Crippen LogP contribution in [0.5, 0.6) is 0 Å². The molecule has 0 spiro atoms. The van der Waals surface area contributed by atoms with Crippen LogP contribution in [0.4, 0.5) is 11.4 Å². The number of carbonyl (C=O) groups is 1. The SMILES string of the molecule is CC(=O)NS(=O)(=O)c1ccc(CCNc2ccc([N+](=O)[O-])c3nonc23)cc1. The normalized spacial score (nSPS) is 11.3. The summed E-state index contributed by atoms with van der Waals surface area (Å²) in [5.41, 5.74) is 1.50. The van der Waals surface area contributed by atoms with Crippen LogP contribution >= 0.6 is 0 Å². The van der Waals surface area contributed by atoms with Crippen molar-refractivity contribution >= 4 is 38.3 Å². The lowest BCUT2D eigenvalue weighted by molar-refractivity contribution is -0.383. The number of anilines is 1. The van der Waals surface area contributed by atoms with E-state index in [1.165, 1.54) is 24.3 Å². The first kappa shape index (κ1) is 19.2. The van der Waals surface area contributed by atoms with Gasteiger partial charge in [-0.3, -0.25) is 14.9 Å². The first-order valence-corrected chi connectivity index (χ1v) is 9.52. The van der Waals surface area contributed by atoms with E-state index in [0.29, 0.717) is 18.7 Å². The van der Waals surface area contributed by atoms with Crippen molar-refractivity contribution in [1.82, 2.24) is 15.0 Å². The number of nitro groups is 1. The molecule has 0 saturated heterocycles. The summed E-state index contributed by atoms with van der Waals surface area (Å²) < 4.78 is 30.3. The molecule has 0 aliphatic rings. The maximum atomic E-state index is 11.9. The van der Waals surface area contributed by atoms with Crippen LogP contribution < -0.4 is 10.0 Å². The number of sulfonamides is 1. The van der Waals surface area contributed by atoms with Gasteiger partial charge in [-0.05, 0) is 40.5 Å². The lowest BCUT2D eigenvalue weighted by Crippen LogP contribution is -2.28. The first-order valence-electron chi connectivity index (χ1n) is 8.04. The van der Waals surface area contributed by atoms with Gasteiger partial charge in [0.25, 0.3) is 10.0 Å². The van der Waals surface area contributed by atoms with Gasteiger partial charge in [-0.15, -0.1) is 0 Å². The minimum Gasteiger partial charge on any atom is -0.383 e. The summed E-state index contributed by atoms with van der Waals surface area (Å²) in [6.45, 7) is 1.58. The Morgan fingerprint density at radius 3 is 2.46 bits per heavy atom. The number of rotatable bonds is 7. The van der Waals surface area contributed by atoms with Gasteiger partial charge in [0.05, 0.1) is 15.5 Å². The van der Waals surface area contributed by atoms with Gasteiger partial charge in [0.15, 0.2) is 5.52 Å². The lowest BCUT2D eigenvalue weighted by atomic mass is 10.1. The van der Waals surface area contributed by atoms with Crippen molar-refractivity contribution < 1.29 is 22.8 Å². The Bertz CT molecular complexity index is 1140. The molecule has 2 N–H and O–H groups in total. The Labute approximate surface area is 158 Å². The number of hydrogen-bond donors (Lipinski definition) is 2. The molecule has 0 aliphatic heterocycles. The van der Waals surface area contributed by atoms with E-state index in [1.54, 1.807) is 12.1 Å². The molecule has 12 heteroatoms. The Morgan fingerprint density at radius 1 is 1.14 bits per heavy atom. The van der Waals surface area contributed by atoms with E-state index in [-0.39, 0.29) is 21.6 Å². The highest BCUT2D eigenvalue weighted by atomic mass is 32.2. The average Bonchev–Trinajstić information content (AvgIpc) is 3.11. The molecular weight excluding hydrogens is 390 g/mol. The molecule has 1 aromatic heterocycles. The summed E-state index contributed by atoms with van der Waals surface area (Å²) >= 11 is 0. The van der Waals surface area contributed by atoms with E-state index in [0.717, 1.165) is 12.5 Å². The smallest absolute Gasteiger partial charge is 0.300 e. The van der Waals surface area contributed by atoms with Crippen molar-refractivity contribution in [2.24, 2.45) is 0 Å². The zero-order valence-corrected chi connectivity index (χ0v) is 15.4. The second-order valence-electron chi connectivity index (χ2n) is 5.83. The fourth-order valence-corrected chi connectivity index (χ4v) is 3.56. The summed E-state index contributed by atoms with van der Waals surface area (Å²) in [5.74, 6) is -0.662. The van der Waals surface area contributed by atoms with Crippen molar-refractivity contribution in [3.63, 3.8) is 0 Å². The topological polar surface area (TPSA) is 157 Å². The third kappa shape index (κ3) is 4.06. The average molecular weight is 405 g/mol. The highest BCUT2D eigenvalue weighted by Crippen LogP contribution is 2.28.